The number of nitriles is 1. The second kappa shape index (κ2) is 10.8. The first-order valence-corrected chi connectivity index (χ1v) is 14.2. The molecule has 3 heterocycles. The maximum Gasteiger partial charge on any atom is 0.413 e. The molecule has 0 saturated carbocycles. The minimum atomic E-state index is -3.47. The molecule has 12 nitrogen and oxygen atoms in total. The lowest BCUT2D eigenvalue weighted by atomic mass is 9.96. The van der Waals surface area contributed by atoms with Crippen LogP contribution in [0.1, 0.15) is 67.5 Å². The molecule has 0 spiro atoms. The molecule has 2 atom stereocenters. The van der Waals surface area contributed by atoms with Gasteiger partial charge < -0.3 is 15.4 Å². The minimum Gasteiger partial charge on any atom is -0.444 e. The molecule has 3 N–H and O–H groups in total. The second-order valence-corrected chi connectivity index (χ2v) is 12.9. The minimum absolute atomic E-state index is 0.0677. The lowest BCUT2D eigenvalue weighted by molar-refractivity contribution is 0.0635. The number of hydrogen-bond acceptors (Lipinski definition) is 9. The van der Waals surface area contributed by atoms with Crippen LogP contribution < -0.4 is 16.0 Å². The molecular weight excluding hydrogens is 522 g/mol. The van der Waals surface area contributed by atoms with Crippen LogP contribution in [-0.4, -0.2) is 59.6 Å². The monoisotopic (exact) mass is 557 g/mol. The Labute approximate surface area is 228 Å². The Bertz CT molecular complexity index is 1460. The highest BCUT2D eigenvalue weighted by Gasteiger charge is 2.36. The molecule has 0 fully saturated rings. The van der Waals surface area contributed by atoms with Crippen molar-refractivity contribution in [1.82, 2.24) is 25.4 Å². The SMILES string of the molecule is Cc1cc(NC(=O)OC(C)(C)C)nc(C)c1CNC(=O)c1cn([C@]2(C)C=C(S(C)(=O)=O)C(C)NC2)nc1C#N. The molecule has 1 aliphatic heterocycles. The van der Waals surface area contributed by atoms with Crippen molar-refractivity contribution in [2.24, 2.45) is 0 Å². The van der Waals surface area contributed by atoms with Crippen molar-refractivity contribution in [3.8, 4) is 6.07 Å². The van der Waals surface area contributed by atoms with Crippen molar-refractivity contribution in [3.05, 3.63) is 51.3 Å². The smallest absolute Gasteiger partial charge is 0.413 e. The van der Waals surface area contributed by atoms with Gasteiger partial charge in [0, 0.05) is 37.3 Å². The third-order valence-corrected chi connectivity index (χ3v) is 7.60. The third kappa shape index (κ3) is 7.01. The molecule has 2 amide bonds. The van der Waals surface area contributed by atoms with Crippen molar-refractivity contribution in [2.45, 2.75) is 72.2 Å². The fourth-order valence-electron chi connectivity index (χ4n) is 4.26. The number of aromatic nitrogens is 3. The van der Waals surface area contributed by atoms with Crippen molar-refractivity contribution < 1.29 is 22.7 Å². The van der Waals surface area contributed by atoms with Crippen LogP contribution in [0.3, 0.4) is 0 Å². The largest absolute Gasteiger partial charge is 0.444 e. The molecule has 3 rings (SSSR count). The van der Waals surface area contributed by atoms with E-state index in [0.29, 0.717) is 18.1 Å². The molecule has 0 saturated heterocycles. The van der Waals surface area contributed by atoms with Crippen LogP contribution in [0.15, 0.2) is 23.2 Å². The van der Waals surface area contributed by atoms with Gasteiger partial charge in [0.2, 0.25) is 0 Å². The van der Waals surface area contributed by atoms with Crippen molar-refractivity contribution in [1.29, 1.82) is 5.26 Å². The predicted molar refractivity (Wildman–Crippen MR) is 146 cm³/mol. The Morgan fingerprint density at radius 1 is 1.33 bits per heavy atom. The summed E-state index contributed by atoms with van der Waals surface area (Å²) in [5.41, 5.74) is 0.572. The van der Waals surface area contributed by atoms with E-state index in [9.17, 15) is 23.3 Å². The number of pyridine rings is 1. The maximum atomic E-state index is 13.1. The summed E-state index contributed by atoms with van der Waals surface area (Å²) in [6, 6.07) is 3.26. The van der Waals surface area contributed by atoms with E-state index in [1.54, 1.807) is 53.7 Å². The van der Waals surface area contributed by atoms with Gasteiger partial charge in [-0.05, 0) is 71.7 Å². The molecule has 1 unspecified atom stereocenters. The van der Waals surface area contributed by atoms with E-state index < -0.39 is 33.0 Å². The van der Waals surface area contributed by atoms with Gasteiger partial charge in [-0.1, -0.05) is 0 Å². The number of ether oxygens (including phenoxy) is 1. The summed E-state index contributed by atoms with van der Waals surface area (Å²) in [6.45, 7) is 12.9. The van der Waals surface area contributed by atoms with Crippen LogP contribution in [0.5, 0.6) is 0 Å². The average Bonchev–Trinajstić information content (AvgIpc) is 3.23. The Balaban J connectivity index is 1.80. The summed E-state index contributed by atoms with van der Waals surface area (Å²) < 4.78 is 31.2. The predicted octanol–water partition coefficient (Wildman–Crippen LogP) is 2.68. The van der Waals surface area contributed by atoms with Gasteiger partial charge in [0.15, 0.2) is 15.5 Å². The van der Waals surface area contributed by atoms with Crippen molar-refractivity contribution in [2.75, 3.05) is 18.1 Å². The van der Waals surface area contributed by atoms with Gasteiger partial charge in [-0.3, -0.25) is 14.8 Å². The highest BCUT2D eigenvalue weighted by Crippen LogP contribution is 2.28. The number of aryl methyl sites for hydroxylation is 2. The number of amides is 2. The molecule has 210 valence electrons. The zero-order chi connectivity index (χ0) is 29.3. The van der Waals surface area contributed by atoms with E-state index in [2.05, 4.69) is 26.0 Å². The number of carbonyl (C=O) groups excluding carboxylic acids is 2. The van der Waals surface area contributed by atoms with Crippen LogP contribution >= 0.6 is 0 Å². The summed E-state index contributed by atoms with van der Waals surface area (Å²) in [5, 5.41) is 22.5. The van der Waals surface area contributed by atoms with Gasteiger partial charge in [0.05, 0.1) is 16.0 Å². The summed E-state index contributed by atoms with van der Waals surface area (Å²) >= 11 is 0. The molecule has 0 radical (unpaired) electrons. The molecule has 2 aromatic rings. The van der Waals surface area contributed by atoms with E-state index in [4.69, 9.17) is 4.74 Å². The highest BCUT2D eigenvalue weighted by atomic mass is 32.2. The molecule has 0 aromatic carbocycles. The lowest BCUT2D eigenvalue weighted by Crippen LogP contribution is -2.49. The summed E-state index contributed by atoms with van der Waals surface area (Å²) in [6.07, 6.45) is 3.59. The lowest BCUT2D eigenvalue weighted by Gasteiger charge is -2.35. The van der Waals surface area contributed by atoms with Gasteiger partial charge in [0.25, 0.3) is 5.91 Å². The molecule has 39 heavy (non-hydrogen) atoms. The fraction of sp³-hybridized carbons (Fsp3) is 0.500. The van der Waals surface area contributed by atoms with Gasteiger partial charge >= 0.3 is 6.09 Å². The van der Waals surface area contributed by atoms with Gasteiger partial charge in [0.1, 0.15) is 17.5 Å². The summed E-state index contributed by atoms with van der Waals surface area (Å²) in [7, 11) is -3.47. The van der Waals surface area contributed by atoms with E-state index in [1.807, 2.05) is 13.0 Å². The standard InChI is InChI=1S/C26H35N7O5S/c1-15-9-22(31-24(35)38-25(4,5)6)30-16(2)18(15)12-28-23(34)19-13-33(32-20(19)11-27)26(7)10-21(39(8,36)37)17(3)29-14-26/h9-10,13,17,29H,12,14H2,1-8H3,(H,28,34)(H,30,31,35)/t17?,26-/m1/s1. The molecule has 2 aromatic heterocycles. The second-order valence-electron chi connectivity index (χ2n) is 10.9. The fourth-order valence-corrected chi connectivity index (χ4v) is 5.46. The zero-order valence-corrected chi connectivity index (χ0v) is 24.3. The van der Waals surface area contributed by atoms with Crippen LogP contribution in [-0.2, 0) is 26.7 Å². The number of nitrogens with one attached hydrogen (secondary N) is 3. The van der Waals surface area contributed by atoms with Gasteiger partial charge in [-0.15, -0.1) is 0 Å². The van der Waals surface area contributed by atoms with E-state index in [0.717, 1.165) is 17.4 Å². The topological polar surface area (TPSA) is 168 Å². The van der Waals surface area contributed by atoms with Crippen molar-refractivity contribution in [3.63, 3.8) is 0 Å². The van der Waals surface area contributed by atoms with Gasteiger partial charge in [-0.25, -0.2) is 18.2 Å². The number of carbonyl (C=O) groups is 2. The first-order valence-electron chi connectivity index (χ1n) is 12.4. The van der Waals surface area contributed by atoms with E-state index in [-0.39, 0.29) is 28.7 Å². The number of anilines is 1. The summed E-state index contributed by atoms with van der Waals surface area (Å²) in [4.78, 5) is 29.8. The van der Waals surface area contributed by atoms with E-state index >= 15 is 0 Å². The Hall–Kier alpha value is -3.76. The summed E-state index contributed by atoms with van der Waals surface area (Å²) in [5.74, 6) is -0.187. The van der Waals surface area contributed by atoms with Crippen LogP contribution in [0, 0.1) is 25.2 Å². The number of sulfone groups is 1. The van der Waals surface area contributed by atoms with Crippen molar-refractivity contribution >= 4 is 27.7 Å². The number of rotatable bonds is 6. The molecular formula is C26H35N7O5S. The van der Waals surface area contributed by atoms with Crippen LogP contribution in [0.25, 0.3) is 0 Å². The van der Waals surface area contributed by atoms with Crippen LogP contribution in [0.2, 0.25) is 0 Å². The number of hydrogen-bond donors (Lipinski definition) is 3. The normalized spacial score (nSPS) is 19.6. The Morgan fingerprint density at radius 2 is 2.00 bits per heavy atom. The molecule has 1 aliphatic rings. The average molecular weight is 558 g/mol. The first kappa shape index (κ1) is 29.8. The molecule has 13 heteroatoms. The molecule has 0 aliphatic carbocycles. The highest BCUT2D eigenvalue weighted by molar-refractivity contribution is 7.94. The first-order chi connectivity index (χ1) is 17.9. The quantitative estimate of drug-likeness (QED) is 0.483. The Morgan fingerprint density at radius 3 is 2.56 bits per heavy atom. The van der Waals surface area contributed by atoms with Crippen LogP contribution in [0.4, 0.5) is 10.6 Å². The van der Waals surface area contributed by atoms with Gasteiger partial charge in [-0.2, -0.15) is 10.4 Å². The zero-order valence-electron chi connectivity index (χ0n) is 23.5. The number of nitrogens with zero attached hydrogens (tertiary/aromatic N) is 4. The Kier molecular flexibility index (Phi) is 8.23. The maximum absolute atomic E-state index is 13.1. The third-order valence-electron chi connectivity index (χ3n) is 6.27. The van der Waals surface area contributed by atoms with E-state index in [1.165, 1.54) is 10.9 Å². The molecule has 0 bridgehead atoms.